The van der Waals surface area contributed by atoms with Crippen LogP contribution >= 0.6 is 0 Å². The Labute approximate surface area is 174 Å². The first kappa shape index (κ1) is 21.5. The molecular weight excluding hydrogens is 423 g/mol. The number of fused-ring (bicyclic) bond motifs is 1. The lowest BCUT2D eigenvalue weighted by Crippen LogP contribution is -2.35. The van der Waals surface area contributed by atoms with E-state index >= 15 is 0 Å². The van der Waals surface area contributed by atoms with Gasteiger partial charge in [0.1, 0.15) is 31.2 Å². The maximum atomic E-state index is 12.3. The number of halogens is 3. The molecule has 31 heavy (non-hydrogen) atoms. The monoisotopic (exact) mass is 443 g/mol. The molecule has 2 aromatic rings. The molecule has 4 atom stereocenters. The first-order valence-corrected chi connectivity index (χ1v) is 9.44. The van der Waals surface area contributed by atoms with E-state index in [1.54, 1.807) is 6.26 Å². The molecule has 0 aliphatic carbocycles. The molecule has 0 saturated carbocycles. The standard InChI is InChI=1S/C18H20F3N5O5/c19-18(20,21)30-7-11-13(27)14(28)17(31-11)26-9-25-12-15(23-8-24-16(12)26)22-4-1-10-2-5-29-6-3-10/h2-3,5,8-9,11,13-14,17,27-28H,1,4,6-7H2,(H,22,23,24)/t11-,13-,14-,17-/m1/s1. The fraction of sp³-hybridized carbons (Fsp3) is 0.500. The second-order valence-corrected chi connectivity index (χ2v) is 6.94. The van der Waals surface area contributed by atoms with Gasteiger partial charge in [-0.3, -0.25) is 9.30 Å². The van der Waals surface area contributed by atoms with E-state index in [1.807, 2.05) is 12.2 Å². The number of allylic oxidation sites excluding steroid dienone is 1. The molecule has 2 aromatic heterocycles. The molecule has 10 nitrogen and oxygen atoms in total. The summed E-state index contributed by atoms with van der Waals surface area (Å²) in [7, 11) is 0. The minimum absolute atomic E-state index is 0.288. The zero-order valence-corrected chi connectivity index (χ0v) is 16.1. The van der Waals surface area contributed by atoms with Crippen molar-refractivity contribution in [2.45, 2.75) is 37.3 Å². The lowest BCUT2D eigenvalue weighted by Gasteiger charge is -2.17. The highest BCUT2D eigenvalue weighted by Gasteiger charge is 2.46. The number of ether oxygens (including phenoxy) is 3. The van der Waals surface area contributed by atoms with Crippen molar-refractivity contribution >= 4 is 17.0 Å². The summed E-state index contributed by atoms with van der Waals surface area (Å²) in [6.07, 6.45) is -1.71. The SMILES string of the molecule is O[C@@H]1[C@H](O)[C@@H](COC(F)(F)F)O[C@H]1n1cnc2c(NCCC3=CCOC=C3)ncnc21. The molecule has 2 aliphatic heterocycles. The minimum Gasteiger partial charge on any atom is -0.497 e. The van der Waals surface area contributed by atoms with Crippen molar-refractivity contribution in [1.82, 2.24) is 19.5 Å². The highest BCUT2D eigenvalue weighted by atomic mass is 19.4. The molecule has 4 rings (SSSR count). The maximum absolute atomic E-state index is 12.3. The molecule has 2 aliphatic rings. The molecule has 168 valence electrons. The van der Waals surface area contributed by atoms with Gasteiger partial charge in [0.15, 0.2) is 23.2 Å². The predicted molar refractivity (Wildman–Crippen MR) is 99.5 cm³/mol. The van der Waals surface area contributed by atoms with Gasteiger partial charge in [0.25, 0.3) is 0 Å². The van der Waals surface area contributed by atoms with Crippen molar-refractivity contribution in [1.29, 1.82) is 0 Å². The Kier molecular flexibility index (Phi) is 6.09. The van der Waals surface area contributed by atoms with E-state index in [4.69, 9.17) is 9.47 Å². The van der Waals surface area contributed by atoms with Crippen LogP contribution < -0.4 is 5.32 Å². The Hall–Kier alpha value is -2.74. The molecule has 0 spiro atoms. The quantitative estimate of drug-likeness (QED) is 0.580. The summed E-state index contributed by atoms with van der Waals surface area (Å²) in [6.45, 7) is 0.133. The van der Waals surface area contributed by atoms with Crippen LogP contribution in [-0.2, 0) is 14.2 Å². The maximum Gasteiger partial charge on any atom is 0.522 e. The third-order valence-corrected chi connectivity index (χ3v) is 4.91. The van der Waals surface area contributed by atoms with Crippen LogP contribution in [0.2, 0.25) is 0 Å². The van der Waals surface area contributed by atoms with Crippen LogP contribution in [0.3, 0.4) is 0 Å². The number of hydrogen-bond donors (Lipinski definition) is 3. The van der Waals surface area contributed by atoms with Gasteiger partial charge in [-0.1, -0.05) is 0 Å². The number of nitrogens with zero attached hydrogens (tertiary/aromatic N) is 4. The number of anilines is 1. The number of hydrogen-bond acceptors (Lipinski definition) is 9. The average Bonchev–Trinajstić information content (AvgIpc) is 3.29. The van der Waals surface area contributed by atoms with Gasteiger partial charge in [-0.25, -0.2) is 15.0 Å². The van der Waals surface area contributed by atoms with E-state index in [-0.39, 0.29) is 5.65 Å². The Morgan fingerprint density at radius 1 is 1.23 bits per heavy atom. The predicted octanol–water partition coefficient (Wildman–Crippen LogP) is 1.25. The molecular formula is C18H20F3N5O5. The zero-order valence-electron chi connectivity index (χ0n) is 16.1. The van der Waals surface area contributed by atoms with Gasteiger partial charge < -0.3 is 25.0 Å². The van der Waals surface area contributed by atoms with Gasteiger partial charge in [0.2, 0.25) is 0 Å². The third kappa shape index (κ3) is 4.79. The second kappa shape index (κ2) is 8.78. The summed E-state index contributed by atoms with van der Waals surface area (Å²) in [4.78, 5) is 12.6. The second-order valence-electron chi connectivity index (χ2n) is 6.94. The van der Waals surface area contributed by atoms with Crippen molar-refractivity contribution < 1.29 is 37.6 Å². The van der Waals surface area contributed by atoms with E-state index in [1.165, 1.54) is 17.2 Å². The lowest BCUT2D eigenvalue weighted by molar-refractivity contribution is -0.333. The van der Waals surface area contributed by atoms with E-state index < -0.39 is 37.5 Å². The van der Waals surface area contributed by atoms with Crippen LogP contribution in [0, 0.1) is 0 Å². The normalized spacial score (nSPS) is 26.2. The summed E-state index contributed by atoms with van der Waals surface area (Å²) < 4.78 is 52.5. The molecule has 3 N–H and O–H groups in total. The van der Waals surface area contributed by atoms with Gasteiger partial charge in [0, 0.05) is 6.54 Å². The van der Waals surface area contributed by atoms with Crippen molar-refractivity contribution in [2.24, 2.45) is 0 Å². The number of aliphatic hydroxyl groups is 2. The minimum atomic E-state index is -4.88. The van der Waals surface area contributed by atoms with Crippen molar-refractivity contribution in [3.63, 3.8) is 0 Å². The van der Waals surface area contributed by atoms with E-state index in [9.17, 15) is 23.4 Å². The molecule has 0 radical (unpaired) electrons. The molecule has 0 amide bonds. The Balaban J connectivity index is 1.47. The summed E-state index contributed by atoms with van der Waals surface area (Å²) >= 11 is 0. The molecule has 0 aromatic carbocycles. The number of nitrogens with one attached hydrogen (secondary N) is 1. The van der Waals surface area contributed by atoms with E-state index in [0.717, 1.165) is 12.0 Å². The summed E-state index contributed by atoms with van der Waals surface area (Å²) in [6, 6.07) is 0. The van der Waals surface area contributed by atoms with Crippen LogP contribution in [0.25, 0.3) is 11.2 Å². The summed E-state index contributed by atoms with van der Waals surface area (Å²) in [5, 5.41) is 23.5. The largest absolute Gasteiger partial charge is 0.522 e. The van der Waals surface area contributed by atoms with Crippen molar-refractivity contribution in [3.05, 3.63) is 36.6 Å². The molecule has 0 bridgehead atoms. The topological polar surface area (TPSA) is 124 Å². The zero-order chi connectivity index (χ0) is 22.0. The first-order chi connectivity index (χ1) is 14.8. The highest BCUT2D eigenvalue weighted by molar-refractivity contribution is 5.82. The van der Waals surface area contributed by atoms with Crippen LogP contribution in [0.1, 0.15) is 12.6 Å². The molecule has 13 heteroatoms. The number of alkyl halides is 3. The van der Waals surface area contributed by atoms with Crippen molar-refractivity contribution in [2.75, 3.05) is 25.1 Å². The van der Waals surface area contributed by atoms with Gasteiger partial charge >= 0.3 is 6.36 Å². The molecule has 0 unspecified atom stereocenters. The number of aliphatic hydroxyl groups excluding tert-OH is 2. The fourth-order valence-corrected chi connectivity index (χ4v) is 3.37. The van der Waals surface area contributed by atoms with Gasteiger partial charge in [0.05, 0.1) is 19.2 Å². The van der Waals surface area contributed by atoms with Gasteiger partial charge in [-0.2, -0.15) is 0 Å². The van der Waals surface area contributed by atoms with Crippen LogP contribution in [0.15, 0.2) is 36.6 Å². The first-order valence-electron chi connectivity index (χ1n) is 9.44. The van der Waals surface area contributed by atoms with Crippen LogP contribution in [0.5, 0.6) is 0 Å². The Bertz CT molecular complexity index is 979. The van der Waals surface area contributed by atoms with Crippen molar-refractivity contribution in [3.8, 4) is 0 Å². The summed E-state index contributed by atoms with van der Waals surface area (Å²) in [5.74, 6) is 0.449. The Morgan fingerprint density at radius 3 is 2.81 bits per heavy atom. The molecule has 1 saturated heterocycles. The van der Waals surface area contributed by atoms with Crippen LogP contribution in [-0.4, -0.2) is 74.2 Å². The van der Waals surface area contributed by atoms with E-state index in [0.29, 0.717) is 24.5 Å². The smallest absolute Gasteiger partial charge is 0.497 e. The average molecular weight is 443 g/mol. The summed E-state index contributed by atoms with van der Waals surface area (Å²) in [5.41, 5.74) is 1.79. The number of rotatable bonds is 7. The van der Waals surface area contributed by atoms with E-state index in [2.05, 4.69) is 25.0 Å². The number of imidazole rings is 1. The lowest BCUT2D eigenvalue weighted by atomic mass is 10.1. The number of aromatic nitrogens is 4. The Morgan fingerprint density at radius 2 is 2.06 bits per heavy atom. The van der Waals surface area contributed by atoms with Crippen LogP contribution in [0.4, 0.5) is 19.0 Å². The van der Waals surface area contributed by atoms with Gasteiger partial charge in [-0.15, -0.1) is 13.2 Å². The highest BCUT2D eigenvalue weighted by Crippen LogP contribution is 2.33. The molecule has 4 heterocycles. The fourth-order valence-electron chi connectivity index (χ4n) is 3.37. The third-order valence-electron chi connectivity index (χ3n) is 4.91. The molecule has 1 fully saturated rings. The van der Waals surface area contributed by atoms with Gasteiger partial charge in [-0.05, 0) is 24.1 Å².